The molecule has 0 unspecified atom stereocenters. The number of rotatable bonds is 6. The van der Waals surface area contributed by atoms with Gasteiger partial charge in [0.1, 0.15) is 5.82 Å². The lowest BCUT2D eigenvalue weighted by Gasteiger charge is -2.08. The van der Waals surface area contributed by atoms with E-state index in [9.17, 15) is 9.18 Å². The highest BCUT2D eigenvalue weighted by atomic mass is 19.1. The second kappa shape index (κ2) is 6.94. The third-order valence-electron chi connectivity index (χ3n) is 4.88. The monoisotopic (exact) mass is 352 g/mol. The van der Waals surface area contributed by atoms with Crippen molar-refractivity contribution < 1.29 is 4.39 Å². The Morgan fingerprint density at radius 1 is 1.15 bits per heavy atom. The molecule has 134 valence electrons. The summed E-state index contributed by atoms with van der Waals surface area (Å²) >= 11 is 0. The molecule has 4 rings (SSSR count). The number of unbranched alkanes of at least 4 members (excludes halogenated alkanes) is 2. The number of nitrogens with zero attached hydrogens (tertiary/aromatic N) is 4. The van der Waals surface area contributed by atoms with Crippen molar-refractivity contribution in [1.82, 2.24) is 19.5 Å². The van der Waals surface area contributed by atoms with Crippen LogP contribution in [0.1, 0.15) is 50.5 Å². The lowest BCUT2D eigenvalue weighted by Crippen LogP contribution is -2.21. The van der Waals surface area contributed by atoms with Crippen molar-refractivity contribution in [2.24, 2.45) is 0 Å². The summed E-state index contributed by atoms with van der Waals surface area (Å²) in [4.78, 5) is 25.5. The molecule has 0 bridgehead atoms. The summed E-state index contributed by atoms with van der Waals surface area (Å²) in [6.45, 7) is 2.71. The molecular weight excluding hydrogens is 331 g/mol. The van der Waals surface area contributed by atoms with Crippen LogP contribution < -0.4 is 5.56 Å². The van der Waals surface area contributed by atoms with Crippen molar-refractivity contribution in [3.63, 3.8) is 0 Å². The molecule has 2 heterocycles. The zero-order chi connectivity index (χ0) is 18.1. The average molecular weight is 352 g/mol. The van der Waals surface area contributed by atoms with Crippen LogP contribution in [0.3, 0.4) is 0 Å². The predicted octanol–water partition coefficient (Wildman–Crippen LogP) is 4.06. The van der Waals surface area contributed by atoms with Gasteiger partial charge in [0.15, 0.2) is 5.82 Å². The van der Waals surface area contributed by atoms with E-state index in [1.54, 1.807) is 29.4 Å². The number of aromatic nitrogens is 4. The Labute approximate surface area is 150 Å². The summed E-state index contributed by atoms with van der Waals surface area (Å²) in [7, 11) is 0. The van der Waals surface area contributed by atoms with Gasteiger partial charge in [-0.15, -0.1) is 0 Å². The van der Waals surface area contributed by atoms with Crippen LogP contribution in [0.4, 0.5) is 4.39 Å². The molecule has 1 aliphatic rings. The maximum Gasteiger partial charge on any atom is 0.261 e. The van der Waals surface area contributed by atoms with Gasteiger partial charge < -0.3 is 0 Å². The van der Waals surface area contributed by atoms with E-state index in [0.717, 1.165) is 24.8 Å². The van der Waals surface area contributed by atoms with Crippen LogP contribution in [0.25, 0.3) is 22.3 Å². The minimum Gasteiger partial charge on any atom is -0.299 e. The molecule has 1 fully saturated rings. The van der Waals surface area contributed by atoms with Crippen LogP contribution in [-0.2, 0) is 6.54 Å². The van der Waals surface area contributed by atoms with Gasteiger partial charge in [-0.1, -0.05) is 19.8 Å². The molecule has 3 aromatic rings. The standard InChI is InChI=1S/C20H21FN4O/c1-2-3-4-7-25-12-24-18-9-15(17(21)8-16(18)20(25)26)19-22-10-14(11-23-19)13-5-6-13/h8-13H,2-7H2,1H3. The number of benzene rings is 1. The maximum absolute atomic E-state index is 14.6. The van der Waals surface area contributed by atoms with Crippen molar-refractivity contribution in [3.8, 4) is 11.4 Å². The smallest absolute Gasteiger partial charge is 0.261 e. The number of halogens is 1. The van der Waals surface area contributed by atoms with Gasteiger partial charge in [-0.25, -0.2) is 19.3 Å². The number of hydrogen-bond acceptors (Lipinski definition) is 4. The molecule has 0 saturated heterocycles. The maximum atomic E-state index is 14.6. The SMILES string of the molecule is CCCCCn1cnc2cc(-c3ncc(C4CC4)cn3)c(F)cc2c1=O. The molecule has 0 radical (unpaired) electrons. The van der Waals surface area contributed by atoms with Crippen molar-refractivity contribution in [3.05, 3.63) is 52.6 Å². The minimum atomic E-state index is -0.498. The largest absolute Gasteiger partial charge is 0.299 e. The lowest BCUT2D eigenvalue weighted by molar-refractivity contribution is 0.583. The quantitative estimate of drug-likeness (QED) is 0.628. The van der Waals surface area contributed by atoms with Gasteiger partial charge in [-0.3, -0.25) is 9.36 Å². The molecule has 1 aromatic carbocycles. The molecule has 0 N–H and O–H groups in total. The second-order valence-corrected chi connectivity index (χ2v) is 6.91. The molecular formula is C20H21FN4O. The Kier molecular flexibility index (Phi) is 4.49. The van der Waals surface area contributed by atoms with Crippen molar-refractivity contribution in [1.29, 1.82) is 0 Å². The van der Waals surface area contributed by atoms with E-state index >= 15 is 0 Å². The van der Waals surface area contributed by atoms with Gasteiger partial charge in [0.25, 0.3) is 5.56 Å². The van der Waals surface area contributed by atoms with E-state index in [1.807, 2.05) is 0 Å². The van der Waals surface area contributed by atoms with Crippen molar-refractivity contribution >= 4 is 10.9 Å². The van der Waals surface area contributed by atoms with Crippen molar-refractivity contribution in [2.75, 3.05) is 0 Å². The molecule has 2 aromatic heterocycles. The first-order valence-corrected chi connectivity index (χ1v) is 9.18. The summed E-state index contributed by atoms with van der Waals surface area (Å²) in [5.74, 6) is 0.378. The fourth-order valence-corrected chi connectivity index (χ4v) is 3.15. The first-order valence-electron chi connectivity index (χ1n) is 9.18. The van der Waals surface area contributed by atoms with Crippen LogP contribution in [0, 0.1) is 5.82 Å². The van der Waals surface area contributed by atoms with E-state index in [2.05, 4.69) is 21.9 Å². The highest BCUT2D eigenvalue weighted by Gasteiger charge is 2.24. The third kappa shape index (κ3) is 3.23. The zero-order valence-corrected chi connectivity index (χ0v) is 14.8. The zero-order valence-electron chi connectivity index (χ0n) is 14.8. The number of fused-ring (bicyclic) bond motifs is 1. The van der Waals surface area contributed by atoms with E-state index in [4.69, 9.17) is 0 Å². The normalized spacial score (nSPS) is 14.1. The fourth-order valence-electron chi connectivity index (χ4n) is 3.15. The average Bonchev–Trinajstić information content (AvgIpc) is 3.49. The summed E-state index contributed by atoms with van der Waals surface area (Å²) in [5.41, 5.74) is 1.63. The van der Waals surface area contributed by atoms with E-state index in [1.165, 1.54) is 18.9 Å². The van der Waals surface area contributed by atoms with E-state index < -0.39 is 5.82 Å². The Bertz CT molecular complexity index is 993. The first kappa shape index (κ1) is 16.8. The molecule has 1 aliphatic carbocycles. The summed E-state index contributed by atoms with van der Waals surface area (Å²) < 4.78 is 16.2. The molecule has 0 spiro atoms. The Morgan fingerprint density at radius 3 is 2.62 bits per heavy atom. The molecule has 0 amide bonds. The molecule has 5 nitrogen and oxygen atoms in total. The van der Waals surface area contributed by atoms with Gasteiger partial charge in [0.2, 0.25) is 0 Å². The van der Waals surface area contributed by atoms with Crippen LogP contribution in [0.5, 0.6) is 0 Å². The molecule has 0 atom stereocenters. The third-order valence-corrected chi connectivity index (χ3v) is 4.88. The van der Waals surface area contributed by atoms with Gasteiger partial charge in [0.05, 0.1) is 22.8 Å². The van der Waals surface area contributed by atoms with E-state index in [0.29, 0.717) is 29.2 Å². The Morgan fingerprint density at radius 2 is 1.92 bits per heavy atom. The van der Waals surface area contributed by atoms with Crippen LogP contribution in [0.15, 0.2) is 35.6 Å². The van der Waals surface area contributed by atoms with Gasteiger partial charge in [0, 0.05) is 18.9 Å². The van der Waals surface area contributed by atoms with Gasteiger partial charge >= 0.3 is 0 Å². The highest BCUT2D eigenvalue weighted by molar-refractivity contribution is 5.82. The number of aryl methyl sites for hydroxylation is 1. The second-order valence-electron chi connectivity index (χ2n) is 6.91. The molecule has 6 heteroatoms. The molecule has 26 heavy (non-hydrogen) atoms. The van der Waals surface area contributed by atoms with E-state index in [-0.39, 0.29) is 11.1 Å². The van der Waals surface area contributed by atoms with Crippen LogP contribution >= 0.6 is 0 Å². The Hall–Kier alpha value is -2.63. The van der Waals surface area contributed by atoms with Crippen LogP contribution in [-0.4, -0.2) is 19.5 Å². The topological polar surface area (TPSA) is 60.7 Å². The number of hydrogen-bond donors (Lipinski definition) is 0. The van der Waals surface area contributed by atoms with Crippen LogP contribution in [0.2, 0.25) is 0 Å². The summed E-state index contributed by atoms with van der Waals surface area (Å²) in [6.07, 6.45) is 10.4. The van der Waals surface area contributed by atoms with Gasteiger partial charge in [-0.2, -0.15) is 0 Å². The Balaban J connectivity index is 1.69. The molecule has 1 saturated carbocycles. The first-order chi connectivity index (χ1) is 12.7. The van der Waals surface area contributed by atoms with Crippen molar-refractivity contribution in [2.45, 2.75) is 51.5 Å². The summed E-state index contributed by atoms with van der Waals surface area (Å²) in [5, 5.41) is 0.292. The summed E-state index contributed by atoms with van der Waals surface area (Å²) in [6, 6.07) is 2.82. The highest BCUT2D eigenvalue weighted by Crippen LogP contribution is 2.39. The lowest BCUT2D eigenvalue weighted by atomic mass is 10.1. The fraction of sp³-hybridized carbons (Fsp3) is 0.400. The molecule has 0 aliphatic heterocycles. The predicted molar refractivity (Wildman–Crippen MR) is 98.5 cm³/mol. The minimum absolute atomic E-state index is 0.207. The van der Waals surface area contributed by atoms with Gasteiger partial charge in [-0.05, 0) is 42.9 Å².